The maximum absolute atomic E-state index is 12.9. The molecule has 33 heteroatoms. The van der Waals surface area contributed by atoms with E-state index in [2.05, 4.69) is 13.1 Å². The first kappa shape index (κ1) is 52.1. The van der Waals surface area contributed by atoms with Crippen molar-refractivity contribution in [1.82, 2.24) is 0 Å². The van der Waals surface area contributed by atoms with Crippen LogP contribution in [-0.4, -0.2) is 122 Å². The van der Waals surface area contributed by atoms with E-state index in [0.29, 0.717) is 10.5 Å². The highest BCUT2D eigenvalue weighted by atomic mass is 28.6. The molecule has 4 atom stereocenters. The van der Waals surface area contributed by atoms with Crippen LogP contribution in [0.4, 0.5) is 26.3 Å². The SMILES string of the molecule is CO[SiH](C)C.CO[Si](C)(C)O[Si](C)(C)c1cc(C(F)(F)F)cc(C(F)(F)F)c1.C[SiH]1O[Si]2(C)O[Si]3(C)O[Si](C)(O[SiH3])O[Si]4(C)O[Si](C)(O1)O[Si](C)(O2)O[Si](C)(O3)O4. The first-order valence-electron chi connectivity index (χ1n) is 17.7. The first-order valence-corrected chi connectivity index (χ1v) is 44.7. The Morgan fingerprint density at radius 3 is 1.21 bits per heavy atom. The Bertz CT molecular complexity index is 1490. The average molecular weight is 1040 g/mol. The molecule has 1 aromatic carbocycles. The molecular formula is C24H56F6O15Si12. The van der Waals surface area contributed by atoms with Crippen molar-refractivity contribution in [3.63, 3.8) is 0 Å². The van der Waals surface area contributed by atoms with E-state index in [0.717, 1.165) is 12.1 Å². The third kappa shape index (κ3) is 14.4. The van der Waals surface area contributed by atoms with Crippen LogP contribution < -0.4 is 5.19 Å². The molecule has 5 rings (SSSR count). The minimum absolute atomic E-state index is 0.0720. The molecule has 332 valence electrons. The van der Waals surface area contributed by atoms with E-state index >= 15 is 0 Å². The van der Waals surface area contributed by atoms with Crippen molar-refractivity contribution in [2.75, 3.05) is 14.2 Å². The van der Waals surface area contributed by atoms with Crippen molar-refractivity contribution < 1.29 is 88.7 Å². The standard InChI is InChI=1S/C13H18F6O2Si2.C8H28O12Si9.C3H10OSi/c1-20-23(4,5)21-22(2,3)11-7-9(12(14,15)16)6-10(8-11)13(17,18)19;1-22-10-24(3)14-26(5)12-23(2,9-21)13-27(6)15-25(4,11-22)17-28(7,16-24)20-29(8,18-26)19-27;1-4-5(2)3/h6-8H,1-5H3;22H,1-8,21H3;5H,1-3H3. The molecule has 0 radical (unpaired) electrons. The third-order valence-electron chi connectivity index (χ3n) is 8.21. The summed E-state index contributed by atoms with van der Waals surface area (Å²) in [5.74, 6) is 0. The summed E-state index contributed by atoms with van der Waals surface area (Å²) >= 11 is 0. The lowest BCUT2D eigenvalue weighted by Crippen LogP contribution is -2.81. The molecule has 4 aliphatic heterocycles. The summed E-state index contributed by atoms with van der Waals surface area (Å²) in [6.45, 7) is 25.0. The molecule has 0 amide bonds. The zero-order chi connectivity index (χ0) is 44.1. The highest BCUT2D eigenvalue weighted by Gasteiger charge is 2.73. The molecule has 0 spiro atoms. The zero-order valence-corrected chi connectivity index (χ0v) is 48.6. The number of benzene rings is 1. The first-order chi connectivity index (χ1) is 25.4. The number of alkyl halides is 6. The predicted molar refractivity (Wildman–Crippen MR) is 222 cm³/mol. The van der Waals surface area contributed by atoms with Crippen LogP contribution in [0.5, 0.6) is 0 Å². The molecule has 1 aromatic rings. The monoisotopic (exact) mass is 1030 g/mol. The highest BCUT2D eigenvalue weighted by molar-refractivity contribution is 6.99. The summed E-state index contributed by atoms with van der Waals surface area (Å²) in [5.41, 5.74) is -2.66. The predicted octanol–water partition coefficient (Wildman–Crippen LogP) is 4.47. The summed E-state index contributed by atoms with van der Waals surface area (Å²) < 4.78 is 170. The van der Waals surface area contributed by atoms with E-state index < -0.39 is 120 Å². The Morgan fingerprint density at radius 1 is 0.614 bits per heavy atom. The Hall–Kier alpha value is 0.803. The van der Waals surface area contributed by atoms with E-state index in [1.165, 1.54) is 7.11 Å². The fourth-order valence-electron chi connectivity index (χ4n) is 6.17. The van der Waals surface area contributed by atoms with E-state index in [9.17, 15) is 26.3 Å². The minimum Gasteiger partial charge on any atom is -0.432 e. The number of hydrogen-bond donors (Lipinski definition) is 0. The summed E-state index contributed by atoms with van der Waals surface area (Å²) in [7, 11) is -28.5. The molecule has 4 fully saturated rings. The Kier molecular flexibility index (Phi) is 16.2. The van der Waals surface area contributed by atoms with Gasteiger partial charge in [0.15, 0.2) is 9.04 Å². The molecule has 0 aliphatic carbocycles. The normalized spacial score (nSPS) is 37.4. The molecular weight excluding hydrogens is 979 g/mol. The van der Waals surface area contributed by atoms with Crippen molar-refractivity contribution in [1.29, 1.82) is 0 Å². The maximum Gasteiger partial charge on any atom is 0.475 e. The molecule has 4 heterocycles. The van der Waals surface area contributed by atoms with Gasteiger partial charge in [-0.3, -0.25) is 0 Å². The van der Waals surface area contributed by atoms with Gasteiger partial charge in [-0.2, -0.15) is 26.3 Å². The molecule has 0 N–H and O–H groups in total. The van der Waals surface area contributed by atoms with E-state index in [1.54, 1.807) is 79.1 Å². The van der Waals surface area contributed by atoms with Crippen molar-refractivity contribution in [2.24, 2.45) is 0 Å². The van der Waals surface area contributed by atoms with Gasteiger partial charge in [0.25, 0.3) is 0 Å². The van der Waals surface area contributed by atoms with Gasteiger partial charge in [0.2, 0.25) is 8.32 Å². The summed E-state index contributed by atoms with van der Waals surface area (Å²) in [4.78, 5) is 0. The lowest BCUT2D eigenvalue weighted by atomic mass is 10.1. The number of fused-ring (bicyclic) bond motifs is 4. The summed E-state index contributed by atoms with van der Waals surface area (Å²) in [6.07, 6.45) is -9.73. The molecule has 4 saturated heterocycles. The van der Waals surface area contributed by atoms with Crippen molar-refractivity contribution >= 4 is 113 Å². The molecule has 0 saturated carbocycles. The Balaban J connectivity index is 0.000000280. The second kappa shape index (κ2) is 17.8. The van der Waals surface area contributed by atoms with Crippen LogP contribution in [0.2, 0.25) is 91.7 Å². The largest absolute Gasteiger partial charge is 0.475 e. The Labute approximate surface area is 347 Å². The molecule has 4 unspecified atom stereocenters. The Morgan fingerprint density at radius 2 is 0.930 bits per heavy atom. The van der Waals surface area contributed by atoms with Crippen molar-refractivity contribution in [2.45, 2.75) is 104 Å². The van der Waals surface area contributed by atoms with Gasteiger partial charge < -0.3 is 62.3 Å². The van der Waals surface area contributed by atoms with Crippen LogP contribution in [0.1, 0.15) is 11.1 Å². The quantitative estimate of drug-likeness (QED) is 0.293. The molecule has 4 aliphatic rings. The van der Waals surface area contributed by atoms with E-state index in [-0.39, 0.29) is 11.3 Å². The highest BCUT2D eigenvalue weighted by Crippen LogP contribution is 2.44. The van der Waals surface area contributed by atoms with Gasteiger partial charge >= 0.3 is 91.8 Å². The lowest BCUT2D eigenvalue weighted by molar-refractivity contribution is -0.143. The number of rotatable bonds is 6. The molecule has 6 bridgehead atoms. The minimum atomic E-state index is -4.87. The van der Waals surface area contributed by atoms with Gasteiger partial charge in [-0.15, -0.1) is 0 Å². The van der Waals surface area contributed by atoms with Crippen LogP contribution >= 0.6 is 0 Å². The smallest absolute Gasteiger partial charge is 0.432 e. The molecule has 0 aromatic heterocycles. The third-order valence-corrected chi connectivity index (χ3v) is 51.6. The van der Waals surface area contributed by atoms with Gasteiger partial charge in [0.05, 0.1) is 11.1 Å². The van der Waals surface area contributed by atoms with Crippen molar-refractivity contribution in [3.8, 4) is 0 Å². The van der Waals surface area contributed by atoms with Crippen LogP contribution in [0.25, 0.3) is 0 Å². The fraction of sp³-hybridized carbons (Fsp3) is 0.750. The molecule has 15 nitrogen and oxygen atoms in total. The van der Waals surface area contributed by atoms with Gasteiger partial charge in [-0.1, -0.05) is 0 Å². The zero-order valence-electron chi connectivity index (χ0n) is 35.3. The summed E-state index contributed by atoms with van der Waals surface area (Å²) in [5, 5.41) is -0.0720. The van der Waals surface area contributed by atoms with Crippen LogP contribution in [0, 0.1) is 0 Å². The van der Waals surface area contributed by atoms with Gasteiger partial charge in [0.1, 0.15) is 10.5 Å². The van der Waals surface area contributed by atoms with E-state index in [1.807, 2.05) is 6.55 Å². The van der Waals surface area contributed by atoms with Gasteiger partial charge in [0, 0.05) is 60.0 Å². The van der Waals surface area contributed by atoms with Crippen LogP contribution in [0.15, 0.2) is 18.2 Å². The number of halogens is 6. The average Bonchev–Trinajstić information content (AvgIpc) is 2.95. The lowest BCUT2D eigenvalue weighted by Gasteiger charge is -2.56. The molecule has 57 heavy (non-hydrogen) atoms. The fourth-order valence-corrected chi connectivity index (χ4v) is 55.4. The summed E-state index contributed by atoms with van der Waals surface area (Å²) in [6, 6.07) is 1.59. The van der Waals surface area contributed by atoms with E-state index in [4.69, 9.17) is 62.3 Å². The van der Waals surface area contributed by atoms with Crippen molar-refractivity contribution in [3.05, 3.63) is 29.3 Å². The van der Waals surface area contributed by atoms with Gasteiger partial charge in [-0.05, 0) is 69.2 Å². The topological polar surface area (TPSA) is 138 Å². The maximum atomic E-state index is 12.9. The second-order valence-electron chi connectivity index (χ2n) is 15.3. The van der Waals surface area contributed by atoms with Crippen LogP contribution in [-0.2, 0) is 74.7 Å². The van der Waals surface area contributed by atoms with Gasteiger partial charge in [-0.25, -0.2) is 0 Å². The second-order valence-corrected chi connectivity index (χ2v) is 49.5. The number of hydrogen-bond acceptors (Lipinski definition) is 15. The van der Waals surface area contributed by atoms with Crippen LogP contribution in [0.3, 0.4) is 0 Å².